The lowest BCUT2D eigenvalue weighted by Crippen LogP contribution is -2.47. The van der Waals surface area contributed by atoms with Crippen LogP contribution in [0.1, 0.15) is 52.5 Å². The van der Waals surface area contributed by atoms with Gasteiger partial charge in [-0.25, -0.2) is 0 Å². The van der Waals surface area contributed by atoms with E-state index in [1.165, 1.54) is 50.1 Å². The number of hydrogen-bond donors (Lipinski definition) is 0. The Morgan fingerprint density at radius 1 is 1.04 bits per heavy atom. The maximum atomic E-state index is 2.62. The van der Waals surface area contributed by atoms with Gasteiger partial charge in [0.15, 0.2) is 0 Å². The van der Waals surface area contributed by atoms with Crippen LogP contribution in [0.5, 0.6) is 0 Å². The van der Waals surface area contributed by atoms with Crippen molar-refractivity contribution in [2.24, 2.45) is 11.3 Å². The molecule has 0 N–H and O–H groups in total. The lowest BCUT2D eigenvalue weighted by Gasteiger charge is -2.38. The number of piperazine rings is 1. The molecule has 1 aliphatic carbocycles. The second kappa shape index (κ2) is 8.60. The molecule has 1 saturated heterocycles. The van der Waals surface area contributed by atoms with Crippen LogP contribution in [0.15, 0.2) is 30.3 Å². The van der Waals surface area contributed by atoms with E-state index in [0.717, 1.165) is 19.0 Å². The zero-order valence-corrected chi connectivity index (χ0v) is 17.2. The topological polar surface area (TPSA) is 6.48 Å². The number of hydrogen-bond acceptors (Lipinski definition) is 2. The fourth-order valence-electron chi connectivity index (χ4n) is 4.03. The molecule has 1 aromatic carbocycles. The van der Waals surface area contributed by atoms with Gasteiger partial charge in [-0.2, -0.15) is 0 Å². The van der Waals surface area contributed by atoms with E-state index >= 15 is 0 Å². The summed E-state index contributed by atoms with van der Waals surface area (Å²) in [6, 6.07) is 9.06. The predicted octanol–water partition coefficient (Wildman–Crippen LogP) is 5.48. The summed E-state index contributed by atoms with van der Waals surface area (Å²) in [6.07, 6.45) is 6.23. The largest absolute Gasteiger partial charge is 0.368 e. The minimum Gasteiger partial charge on any atom is -0.368 e. The quantitative estimate of drug-likeness (QED) is 0.699. The Morgan fingerprint density at radius 2 is 1.72 bits per heavy atom. The third-order valence-electron chi connectivity index (χ3n) is 5.56. The maximum Gasteiger partial charge on any atom is 0.0443 e. The molecule has 3 rings (SSSR count). The first-order chi connectivity index (χ1) is 11.4. The molecule has 0 bridgehead atoms. The van der Waals surface area contributed by atoms with E-state index in [9.17, 15) is 0 Å². The molecule has 0 amide bonds. The molecular weight excluding hydrogens is 328 g/mol. The van der Waals surface area contributed by atoms with Gasteiger partial charge in [0.1, 0.15) is 0 Å². The summed E-state index contributed by atoms with van der Waals surface area (Å²) in [6.45, 7) is 15.3. The molecule has 0 spiro atoms. The van der Waals surface area contributed by atoms with Crippen molar-refractivity contribution in [3.63, 3.8) is 0 Å². The first-order valence-corrected chi connectivity index (χ1v) is 9.70. The fraction of sp³-hybridized carbons (Fsp3) is 0.636. The summed E-state index contributed by atoms with van der Waals surface area (Å²) in [7, 11) is 0. The van der Waals surface area contributed by atoms with E-state index in [2.05, 4.69) is 67.8 Å². The van der Waals surface area contributed by atoms with Crippen molar-refractivity contribution >= 4 is 23.7 Å². The molecule has 140 valence electrons. The van der Waals surface area contributed by atoms with Crippen LogP contribution in [0.2, 0.25) is 0 Å². The predicted molar refractivity (Wildman–Crippen MR) is 113 cm³/mol. The van der Waals surface area contributed by atoms with Crippen molar-refractivity contribution in [3.05, 3.63) is 35.9 Å². The second-order valence-corrected chi connectivity index (χ2v) is 8.80. The van der Waals surface area contributed by atoms with Gasteiger partial charge in [-0.05, 0) is 42.2 Å². The Kier molecular flexibility index (Phi) is 6.99. The van der Waals surface area contributed by atoms with Crippen molar-refractivity contribution in [2.75, 3.05) is 37.6 Å². The normalized spacial score (nSPS) is 21.0. The van der Waals surface area contributed by atoms with E-state index in [1.807, 2.05) is 0 Å². The molecule has 3 heteroatoms. The van der Waals surface area contributed by atoms with Gasteiger partial charge in [0.2, 0.25) is 0 Å². The van der Waals surface area contributed by atoms with E-state index in [-0.39, 0.29) is 12.4 Å². The summed E-state index contributed by atoms with van der Waals surface area (Å²) in [4.78, 5) is 5.22. The van der Waals surface area contributed by atoms with Crippen LogP contribution in [-0.2, 0) is 0 Å². The van der Waals surface area contributed by atoms with Gasteiger partial charge < -0.3 is 4.90 Å². The molecule has 1 aliphatic heterocycles. The first kappa shape index (κ1) is 20.3. The zero-order valence-electron chi connectivity index (χ0n) is 16.4. The van der Waals surface area contributed by atoms with Crippen molar-refractivity contribution in [1.29, 1.82) is 0 Å². The van der Waals surface area contributed by atoms with Crippen molar-refractivity contribution in [3.8, 4) is 0 Å². The summed E-state index contributed by atoms with van der Waals surface area (Å²) < 4.78 is 0. The molecule has 1 fully saturated rings. The maximum absolute atomic E-state index is 2.62. The highest BCUT2D eigenvalue weighted by Crippen LogP contribution is 2.40. The molecule has 2 nitrogen and oxygen atoms in total. The number of benzene rings is 1. The summed E-state index contributed by atoms with van der Waals surface area (Å²) in [5.41, 5.74) is 4.97. The Balaban J connectivity index is 0.00000225. The van der Waals surface area contributed by atoms with Gasteiger partial charge in [-0.1, -0.05) is 52.0 Å². The molecule has 2 aliphatic rings. The van der Waals surface area contributed by atoms with Gasteiger partial charge in [-0.3, -0.25) is 4.90 Å². The molecule has 1 heterocycles. The Morgan fingerprint density at radius 3 is 2.32 bits per heavy atom. The lowest BCUT2D eigenvalue weighted by atomic mass is 9.77. The number of halogens is 1. The minimum absolute atomic E-state index is 0. The van der Waals surface area contributed by atoms with Crippen molar-refractivity contribution in [1.82, 2.24) is 4.90 Å². The number of anilines is 1. The van der Waals surface area contributed by atoms with Crippen LogP contribution in [0.25, 0.3) is 5.57 Å². The van der Waals surface area contributed by atoms with E-state index in [1.54, 1.807) is 5.57 Å². The number of nitrogens with zero attached hydrogens (tertiary/aromatic N) is 2. The Hall–Kier alpha value is -0.990. The van der Waals surface area contributed by atoms with Gasteiger partial charge in [-0.15, -0.1) is 12.4 Å². The molecule has 1 aromatic rings. The standard InChI is InChI=1S/C22H34N2.ClH/c1-18(2)17-23-13-15-24(16-14-23)21-8-6-5-7-20(21)19-9-11-22(3,4)12-10-19;/h5-9,18H,10-17H2,1-4H3;1H. The Labute approximate surface area is 160 Å². The number of para-hydroxylation sites is 1. The summed E-state index contributed by atoms with van der Waals surface area (Å²) >= 11 is 0. The molecule has 0 saturated carbocycles. The zero-order chi connectivity index (χ0) is 17.2. The van der Waals surface area contributed by atoms with Crippen molar-refractivity contribution < 1.29 is 0 Å². The van der Waals surface area contributed by atoms with Crippen LogP contribution in [0, 0.1) is 11.3 Å². The third kappa shape index (κ3) is 5.24. The van der Waals surface area contributed by atoms with Crippen LogP contribution in [0.4, 0.5) is 5.69 Å². The third-order valence-corrected chi connectivity index (χ3v) is 5.56. The van der Waals surface area contributed by atoms with Crippen LogP contribution in [-0.4, -0.2) is 37.6 Å². The van der Waals surface area contributed by atoms with Crippen molar-refractivity contribution in [2.45, 2.75) is 47.0 Å². The summed E-state index contributed by atoms with van der Waals surface area (Å²) in [5, 5.41) is 0. The molecule has 25 heavy (non-hydrogen) atoms. The molecule has 0 unspecified atom stereocenters. The van der Waals surface area contributed by atoms with E-state index < -0.39 is 0 Å². The fourth-order valence-corrected chi connectivity index (χ4v) is 4.03. The average molecular weight is 363 g/mol. The van der Waals surface area contributed by atoms with Crippen LogP contribution < -0.4 is 4.90 Å². The lowest BCUT2D eigenvalue weighted by molar-refractivity contribution is 0.231. The van der Waals surface area contributed by atoms with Gasteiger partial charge in [0, 0.05) is 44.0 Å². The smallest absolute Gasteiger partial charge is 0.0443 e. The molecule has 0 aromatic heterocycles. The van der Waals surface area contributed by atoms with Crippen LogP contribution in [0.3, 0.4) is 0 Å². The van der Waals surface area contributed by atoms with E-state index in [0.29, 0.717) is 5.41 Å². The minimum atomic E-state index is 0. The number of rotatable bonds is 4. The molecule has 0 atom stereocenters. The highest BCUT2D eigenvalue weighted by atomic mass is 35.5. The average Bonchev–Trinajstić information content (AvgIpc) is 2.55. The monoisotopic (exact) mass is 362 g/mol. The highest BCUT2D eigenvalue weighted by Gasteiger charge is 2.25. The van der Waals surface area contributed by atoms with E-state index in [4.69, 9.17) is 0 Å². The molecular formula is C22H35ClN2. The van der Waals surface area contributed by atoms with Gasteiger partial charge in [0.05, 0.1) is 0 Å². The number of allylic oxidation sites excluding steroid dienone is 2. The first-order valence-electron chi connectivity index (χ1n) is 9.70. The second-order valence-electron chi connectivity index (χ2n) is 8.80. The SMILES string of the molecule is CC(C)CN1CCN(c2ccccc2C2=CCC(C)(C)CC2)CC1.Cl. The summed E-state index contributed by atoms with van der Waals surface area (Å²) in [5.74, 6) is 0.764. The van der Waals surface area contributed by atoms with Gasteiger partial charge in [0.25, 0.3) is 0 Å². The van der Waals surface area contributed by atoms with Gasteiger partial charge >= 0.3 is 0 Å². The Bertz CT molecular complexity index is 583. The molecule has 0 radical (unpaired) electrons. The van der Waals surface area contributed by atoms with Crippen LogP contribution >= 0.6 is 12.4 Å². The highest BCUT2D eigenvalue weighted by molar-refractivity contribution is 5.85.